The highest BCUT2D eigenvalue weighted by Gasteiger charge is 2.28. The number of benzene rings is 1. The predicted octanol–water partition coefficient (Wildman–Crippen LogP) is 5.04. The van der Waals surface area contributed by atoms with Gasteiger partial charge in [0.2, 0.25) is 0 Å². The summed E-state index contributed by atoms with van der Waals surface area (Å²) in [5.41, 5.74) is 2.26. The molecule has 33 heavy (non-hydrogen) atoms. The van der Waals surface area contributed by atoms with Crippen molar-refractivity contribution in [2.24, 2.45) is 0 Å². The Morgan fingerprint density at radius 3 is 2.33 bits per heavy atom. The molecule has 0 fully saturated rings. The SMILES string of the molecule is CCOC(=O)c1csc(NC(=O)c2c(C)c3cc(OCC)ccc3n2CC)c1C(=O)OCC. The highest BCUT2D eigenvalue weighted by atomic mass is 32.1. The summed E-state index contributed by atoms with van der Waals surface area (Å²) in [6.45, 7) is 10.5. The first-order chi connectivity index (χ1) is 15.9. The molecule has 0 atom stereocenters. The van der Waals surface area contributed by atoms with Gasteiger partial charge < -0.3 is 24.1 Å². The summed E-state index contributed by atoms with van der Waals surface area (Å²) in [5.74, 6) is -0.979. The number of fused-ring (bicyclic) bond motifs is 1. The minimum absolute atomic E-state index is 0.00379. The van der Waals surface area contributed by atoms with Gasteiger partial charge in [0.05, 0.1) is 25.4 Å². The van der Waals surface area contributed by atoms with Crippen molar-refractivity contribution < 1.29 is 28.6 Å². The van der Waals surface area contributed by atoms with E-state index in [1.807, 2.05) is 43.5 Å². The van der Waals surface area contributed by atoms with E-state index in [-0.39, 0.29) is 35.2 Å². The van der Waals surface area contributed by atoms with Crippen LogP contribution in [-0.4, -0.2) is 42.2 Å². The van der Waals surface area contributed by atoms with Gasteiger partial charge >= 0.3 is 11.9 Å². The summed E-state index contributed by atoms with van der Waals surface area (Å²) in [7, 11) is 0. The van der Waals surface area contributed by atoms with Crippen LogP contribution in [-0.2, 0) is 16.0 Å². The summed E-state index contributed by atoms with van der Waals surface area (Å²) < 4.78 is 17.7. The summed E-state index contributed by atoms with van der Waals surface area (Å²) in [6, 6.07) is 5.73. The molecule has 1 N–H and O–H groups in total. The van der Waals surface area contributed by atoms with Crippen molar-refractivity contribution in [1.82, 2.24) is 4.57 Å². The molecule has 2 heterocycles. The fourth-order valence-electron chi connectivity index (χ4n) is 3.76. The Morgan fingerprint density at radius 1 is 1.00 bits per heavy atom. The van der Waals surface area contributed by atoms with Crippen LogP contribution < -0.4 is 10.1 Å². The number of aryl methyl sites for hydroxylation is 2. The molecule has 3 aromatic rings. The molecule has 0 radical (unpaired) electrons. The largest absolute Gasteiger partial charge is 0.494 e. The zero-order valence-electron chi connectivity index (χ0n) is 19.4. The third-order valence-electron chi connectivity index (χ3n) is 5.12. The zero-order valence-corrected chi connectivity index (χ0v) is 20.3. The van der Waals surface area contributed by atoms with Crippen molar-refractivity contribution in [2.45, 2.75) is 41.2 Å². The first-order valence-electron chi connectivity index (χ1n) is 10.9. The van der Waals surface area contributed by atoms with Crippen molar-refractivity contribution in [3.8, 4) is 5.75 Å². The van der Waals surface area contributed by atoms with E-state index in [1.165, 1.54) is 5.38 Å². The van der Waals surface area contributed by atoms with Crippen molar-refractivity contribution in [1.29, 1.82) is 0 Å². The molecular weight excluding hydrogens is 444 g/mol. The fourth-order valence-corrected chi connectivity index (χ4v) is 4.67. The molecule has 0 spiro atoms. The maximum absolute atomic E-state index is 13.4. The molecule has 0 aliphatic rings. The van der Waals surface area contributed by atoms with Crippen LogP contribution in [0.1, 0.15) is 64.5 Å². The summed E-state index contributed by atoms with van der Waals surface area (Å²) in [4.78, 5) is 38.4. The number of carbonyl (C=O) groups is 3. The average molecular weight is 473 g/mol. The van der Waals surface area contributed by atoms with Gasteiger partial charge in [-0.1, -0.05) is 0 Å². The van der Waals surface area contributed by atoms with E-state index >= 15 is 0 Å². The molecule has 9 heteroatoms. The Kier molecular flexibility index (Phi) is 7.75. The monoisotopic (exact) mass is 472 g/mol. The van der Waals surface area contributed by atoms with E-state index in [4.69, 9.17) is 14.2 Å². The number of hydrogen-bond donors (Lipinski definition) is 1. The van der Waals surface area contributed by atoms with Crippen LogP contribution in [0.5, 0.6) is 5.75 Å². The van der Waals surface area contributed by atoms with Crippen molar-refractivity contribution >= 4 is 45.1 Å². The average Bonchev–Trinajstić information content (AvgIpc) is 3.33. The zero-order chi connectivity index (χ0) is 24.1. The molecule has 0 aliphatic carbocycles. The number of ether oxygens (including phenoxy) is 3. The highest BCUT2D eigenvalue weighted by molar-refractivity contribution is 7.15. The normalized spacial score (nSPS) is 10.8. The van der Waals surface area contributed by atoms with Crippen molar-refractivity contribution in [3.05, 3.63) is 46.0 Å². The van der Waals surface area contributed by atoms with Gasteiger partial charge in [0.15, 0.2) is 0 Å². The third-order valence-corrected chi connectivity index (χ3v) is 6.02. The lowest BCUT2D eigenvalue weighted by Gasteiger charge is -2.11. The van der Waals surface area contributed by atoms with Crippen LogP contribution in [0.3, 0.4) is 0 Å². The minimum Gasteiger partial charge on any atom is -0.494 e. The lowest BCUT2D eigenvalue weighted by atomic mass is 10.1. The van der Waals surface area contributed by atoms with Crippen LogP contribution in [0.4, 0.5) is 5.00 Å². The van der Waals surface area contributed by atoms with Gasteiger partial charge in [-0.15, -0.1) is 11.3 Å². The van der Waals surface area contributed by atoms with Gasteiger partial charge in [0.25, 0.3) is 5.91 Å². The molecule has 0 unspecified atom stereocenters. The van der Waals surface area contributed by atoms with Crippen LogP contribution in [0.15, 0.2) is 23.6 Å². The maximum Gasteiger partial charge on any atom is 0.342 e. The summed E-state index contributed by atoms with van der Waals surface area (Å²) in [6.07, 6.45) is 0. The molecule has 0 saturated heterocycles. The highest BCUT2D eigenvalue weighted by Crippen LogP contribution is 2.33. The molecule has 3 rings (SSSR count). The topological polar surface area (TPSA) is 95.9 Å². The lowest BCUT2D eigenvalue weighted by molar-refractivity contribution is 0.0481. The maximum atomic E-state index is 13.4. The standard InChI is InChI=1S/C24H28N2O6S/c1-6-26-18-11-10-15(30-7-2)12-16(18)14(5)20(26)21(27)25-22-19(24(29)32-9-4)17(13-33-22)23(28)31-8-3/h10-13H,6-9H2,1-5H3,(H,25,27). The quantitative estimate of drug-likeness (QED) is 0.439. The van der Waals surface area contributed by atoms with E-state index in [0.717, 1.165) is 33.6 Å². The molecule has 2 aromatic heterocycles. The van der Waals surface area contributed by atoms with Gasteiger partial charge in [-0.2, -0.15) is 0 Å². The van der Waals surface area contributed by atoms with Crippen molar-refractivity contribution in [3.63, 3.8) is 0 Å². The minimum atomic E-state index is -0.689. The predicted molar refractivity (Wildman–Crippen MR) is 128 cm³/mol. The van der Waals surface area contributed by atoms with Gasteiger partial charge in [-0.05, 0) is 58.4 Å². The third kappa shape index (κ3) is 4.73. The van der Waals surface area contributed by atoms with E-state index < -0.39 is 11.9 Å². The number of esters is 2. The molecule has 176 valence electrons. The number of amides is 1. The summed E-state index contributed by atoms with van der Waals surface area (Å²) >= 11 is 1.08. The number of nitrogens with zero attached hydrogens (tertiary/aromatic N) is 1. The lowest BCUT2D eigenvalue weighted by Crippen LogP contribution is -2.20. The molecular formula is C24H28N2O6S. The number of carbonyl (C=O) groups excluding carboxylic acids is 3. The first kappa shape index (κ1) is 24.3. The Hall–Kier alpha value is -3.33. The van der Waals surface area contributed by atoms with Crippen molar-refractivity contribution in [2.75, 3.05) is 25.1 Å². The van der Waals surface area contributed by atoms with Gasteiger partial charge in [0.1, 0.15) is 22.0 Å². The Balaban J connectivity index is 2.04. The van der Waals surface area contributed by atoms with E-state index in [1.54, 1.807) is 13.8 Å². The molecule has 0 saturated carbocycles. The number of aromatic nitrogens is 1. The van der Waals surface area contributed by atoms with Gasteiger partial charge in [-0.3, -0.25) is 4.79 Å². The Labute approximate surface area is 196 Å². The second-order valence-electron chi connectivity index (χ2n) is 7.08. The molecule has 1 amide bonds. The fraction of sp³-hybridized carbons (Fsp3) is 0.375. The van der Waals surface area contributed by atoms with E-state index in [2.05, 4.69) is 5.32 Å². The van der Waals surface area contributed by atoms with Crippen LogP contribution in [0.2, 0.25) is 0 Å². The van der Waals surface area contributed by atoms with E-state index in [0.29, 0.717) is 18.8 Å². The molecule has 0 aliphatic heterocycles. The van der Waals surface area contributed by atoms with E-state index in [9.17, 15) is 14.4 Å². The number of nitrogens with one attached hydrogen (secondary N) is 1. The second-order valence-corrected chi connectivity index (χ2v) is 7.96. The Bertz CT molecular complexity index is 1190. The first-order valence-corrected chi connectivity index (χ1v) is 11.8. The van der Waals surface area contributed by atoms with Gasteiger partial charge in [0, 0.05) is 22.8 Å². The molecule has 1 aromatic carbocycles. The van der Waals surface area contributed by atoms with Crippen LogP contribution in [0.25, 0.3) is 10.9 Å². The second kappa shape index (κ2) is 10.5. The summed E-state index contributed by atoms with van der Waals surface area (Å²) in [5, 5.41) is 5.47. The number of hydrogen-bond acceptors (Lipinski definition) is 7. The van der Waals surface area contributed by atoms with Crippen LogP contribution >= 0.6 is 11.3 Å². The Morgan fingerprint density at radius 2 is 1.70 bits per heavy atom. The van der Waals surface area contributed by atoms with Gasteiger partial charge in [-0.25, -0.2) is 9.59 Å². The smallest absolute Gasteiger partial charge is 0.342 e. The molecule has 8 nitrogen and oxygen atoms in total. The molecule has 0 bridgehead atoms. The number of thiophene rings is 1. The number of rotatable bonds is 9. The van der Waals surface area contributed by atoms with Crippen LogP contribution in [0, 0.1) is 6.92 Å². The number of anilines is 1.